The van der Waals surface area contributed by atoms with Crippen LogP contribution in [0.1, 0.15) is 41.0 Å². The van der Waals surface area contributed by atoms with Gasteiger partial charge in [-0.05, 0) is 47.6 Å². The Labute approximate surface area is 200 Å². The Balaban J connectivity index is 1.41. The first-order valence-corrected chi connectivity index (χ1v) is 11.7. The minimum absolute atomic E-state index is 0.0270. The van der Waals surface area contributed by atoms with Crippen LogP contribution < -0.4 is 21.0 Å². The molecule has 10 heteroatoms. The van der Waals surface area contributed by atoms with Crippen molar-refractivity contribution in [3.05, 3.63) is 52.7 Å². The molecule has 1 aromatic carbocycles. The third-order valence-corrected chi connectivity index (χ3v) is 6.30. The Morgan fingerprint density at radius 2 is 2.03 bits per heavy atom. The van der Waals surface area contributed by atoms with Crippen molar-refractivity contribution in [3.8, 4) is 0 Å². The van der Waals surface area contributed by atoms with Gasteiger partial charge in [0.1, 0.15) is 18.5 Å². The zero-order valence-electron chi connectivity index (χ0n) is 19.8. The Kier molecular flexibility index (Phi) is 7.50. The number of pyridine rings is 1. The smallest absolute Gasteiger partial charge is 0.458 e. The minimum atomic E-state index is -1.04. The van der Waals surface area contributed by atoms with Gasteiger partial charge in [-0.25, -0.2) is 9.78 Å². The van der Waals surface area contributed by atoms with Gasteiger partial charge in [0.25, 0.3) is 5.91 Å². The quantitative estimate of drug-likeness (QED) is 0.400. The third kappa shape index (κ3) is 5.24. The zero-order valence-corrected chi connectivity index (χ0v) is 19.8. The fourth-order valence-electron chi connectivity index (χ4n) is 4.32. The SMILES string of the molecule is Cc1c(C(=O)N[C@H](C(=O)OCc2cccc(N3CCNCC3)n2)C(C)C)ccc2c1B(O)OC2. The predicted octanol–water partition coefficient (Wildman–Crippen LogP) is 0.515. The minimum Gasteiger partial charge on any atom is -0.458 e. The number of ether oxygens (including phenoxy) is 1. The average Bonchev–Trinajstić information content (AvgIpc) is 3.23. The highest BCUT2D eigenvalue weighted by Crippen LogP contribution is 2.18. The molecule has 4 rings (SSSR count). The van der Waals surface area contributed by atoms with E-state index < -0.39 is 25.0 Å². The Morgan fingerprint density at radius 3 is 2.76 bits per heavy atom. The van der Waals surface area contributed by atoms with Gasteiger partial charge in [-0.3, -0.25) is 4.79 Å². The van der Waals surface area contributed by atoms with E-state index in [1.54, 1.807) is 19.1 Å². The van der Waals surface area contributed by atoms with E-state index in [0.717, 1.165) is 37.6 Å². The molecule has 3 N–H and O–H groups in total. The Bertz CT molecular complexity index is 1060. The molecule has 1 atom stereocenters. The molecule has 3 heterocycles. The van der Waals surface area contributed by atoms with Gasteiger partial charge in [-0.1, -0.05) is 26.0 Å². The summed E-state index contributed by atoms with van der Waals surface area (Å²) in [5, 5.41) is 16.2. The Morgan fingerprint density at radius 1 is 1.26 bits per heavy atom. The largest absolute Gasteiger partial charge is 0.492 e. The number of hydrogen-bond acceptors (Lipinski definition) is 8. The lowest BCUT2D eigenvalue weighted by atomic mass is 9.75. The maximum atomic E-state index is 13.0. The van der Waals surface area contributed by atoms with Crippen LogP contribution in [0.25, 0.3) is 0 Å². The highest BCUT2D eigenvalue weighted by molar-refractivity contribution is 6.62. The summed E-state index contributed by atoms with van der Waals surface area (Å²) in [6.45, 7) is 9.38. The molecule has 0 unspecified atom stereocenters. The van der Waals surface area contributed by atoms with Crippen molar-refractivity contribution in [2.75, 3.05) is 31.1 Å². The third-order valence-electron chi connectivity index (χ3n) is 6.30. The molecule has 9 nitrogen and oxygen atoms in total. The number of benzene rings is 1. The highest BCUT2D eigenvalue weighted by atomic mass is 16.5. The van der Waals surface area contributed by atoms with Crippen LogP contribution in [0.4, 0.5) is 5.82 Å². The maximum Gasteiger partial charge on any atom is 0.492 e. The molecular formula is C24H31BN4O5. The topological polar surface area (TPSA) is 113 Å². The number of hydrogen-bond donors (Lipinski definition) is 3. The second-order valence-corrected chi connectivity index (χ2v) is 9.00. The van der Waals surface area contributed by atoms with Gasteiger partial charge in [0.05, 0.1) is 12.3 Å². The number of amides is 1. The summed E-state index contributed by atoms with van der Waals surface area (Å²) in [5.74, 6) is -0.226. The number of anilines is 1. The molecule has 180 valence electrons. The molecule has 1 aromatic heterocycles. The van der Waals surface area contributed by atoms with Gasteiger partial charge in [0.15, 0.2) is 0 Å². The molecule has 1 saturated heterocycles. The van der Waals surface area contributed by atoms with Crippen molar-refractivity contribution < 1.29 is 24.0 Å². The molecular weight excluding hydrogens is 435 g/mol. The fraction of sp³-hybridized carbons (Fsp3) is 0.458. The van der Waals surface area contributed by atoms with Crippen LogP contribution in [0.3, 0.4) is 0 Å². The molecule has 2 aliphatic rings. The molecule has 0 radical (unpaired) electrons. The molecule has 1 fully saturated rings. The molecule has 34 heavy (non-hydrogen) atoms. The molecule has 0 spiro atoms. The molecule has 2 aromatic rings. The number of aromatic nitrogens is 1. The van der Waals surface area contributed by atoms with Crippen molar-refractivity contribution in [2.45, 2.75) is 40.0 Å². The van der Waals surface area contributed by atoms with Crippen molar-refractivity contribution in [3.63, 3.8) is 0 Å². The van der Waals surface area contributed by atoms with E-state index in [2.05, 4.69) is 20.5 Å². The molecule has 2 aliphatic heterocycles. The normalized spacial score (nSPS) is 16.4. The van der Waals surface area contributed by atoms with E-state index >= 15 is 0 Å². The summed E-state index contributed by atoms with van der Waals surface area (Å²) in [4.78, 5) is 32.7. The number of nitrogens with one attached hydrogen (secondary N) is 2. The number of piperazine rings is 1. The maximum absolute atomic E-state index is 13.0. The lowest BCUT2D eigenvalue weighted by molar-refractivity contribution is -0.148. The van der Waals surface area contributed by atoms with Crippen LogP contribution in [0.5, 0.6) is 0 Å². The van der Waals surface area contributed by atoms with E-state index in [-0.39, 0.29) is 12.5 Å². The number of carbonyl (C=O) groups excluding carboxylic acids is 2. The summed E-state index contributed by atoms with van der Waals surface area (Å²) in [5.41, 5.74) is 3.17. The van der Waals surface area contributed by atoms with Crippen molar-refractivity contribution in [2.24, 2.45) is 5.92 Å². The van der Waals surface area contributed by atoms with Crippen molar-refractivity contribution in [1.29, 1.82) is 0 Å². The standard InChI is InChI=1S/C24H31BN4O5/c1-15(2)22(28-23(30)19-8-7-17-13-34-25(32)21(17)16(19)3)24(31)33-14-18-5-4-6-20(27-18)29-11-9-26-10-12-29/h4-8,15,22,26,32H,9-14H2,1-3H3,(H,28,30)/t22-/m0/s1. The van der Waals surface area contributed by atoms with Crippen LogP contribution in [-0.4, -0.2) is 61.2 Å². The van der Waals surface area contributed by atoms with E-state index in [1.165, 1.54) is 0 Å². The Hall–Kier alpha value is -2.95. The van der Waals surface area contributed by atoms with Gasteiger partial charge in [0, 0.05) is 31.7 Å². The number of nitrogens with zero attached hydrogens (tertiary/aromatic N) is 2. The zero-order chi connectivity index (χ0) is 24.2. The lowest BCUT2D eigenvalue weighted by Crippen LogP contribution is -2.46. The average molecular weight is 466 g/mol. The van der Waals surface area contributed by atoms with E-state index in [4.69, 9.17) is 9.39 Å². The fourth-order valence-corrected chi connectivity index (χ4v) is 4.32. The van der Waals surface area contributed by atoms with Gasteiger partial charge >= 0.3 is 13.1 Å². The van der Waals surface area contributed by atoms with Gasteiger partial charge in [-0.15, -0.1) is 0 Å². The molecule has 0 aliphatic carbocycles. The first-order chi connectivity index (χ1) is 16.3. The number of carbonyl (C=O) groups is 2. The number of rotatable bonds is 7. The van der Waals surface area contributed by atoms with Gasteiger partial charge < -0.3 is 29.9 Å². The monoisotopic (exact) mass is 466 g/mol. The summed E-state index contributed by atoms with van der Waals surface area (Å²) < 4.78 is 10.8. The van der Waals surface area contributed by atoms with Crippen LogP contribution in [-0.2, 0) is 27.4 Å². The van der Waals surface area contributed by atoms with Crippen molar-refractivity contribution >= 4 is 30.3 Å². The van der Waals surface area contributed by atoms with E-state index in [0.29, 0.717) is 28.9 Å². The molecule has 1 amide bonds. The summed E-state index contributed by atoms with van der Waals surface area (Å²) in [7, 11) is -1.04. The van der Waals surface area contributed by atoms with Crippen molar-refractivity contribution in [1.82, 2.24) is 15.6 Å². The summed E-state index contributed by atoms with van der Waals surface area (Å²) >= 11 is 0. The second kappa shape index (κ2) is 10.5. The first-order valence-electron chi connectivity index (χ1n) is 11.7. The van der Waals surface area contributed by atoms with Crippen LogP contribution >= 0.6 is 0 Å². The second-order valence-electron chi connectivity index (χ2n) is 9.00. The highest BCUT2D eigenvalue weighted by Gasteiger charge is 2.32. The van der Waals surface area contributed by atoms with Gasteiger partial charge in [-0.2, -0.15) is 0 Å². The van der Waals surface area contributed by atoms with E-state index in [1.807, 2.05) is 32.0 Å². The van der Waals surface area contributed by atoms with E-state index in [9.17, 15) is 14.6 Å². The summed E-state index contributed by atoms with van der Waals surface area (Å²) in [6.07, 6.45) is 0. The van der Waals surface area contributed by atoms with Crippen LogP contribution in [0, 0.1) is 12.8 Å². The molecule has 0 saturated carbocycles. The number of fused-ring (bicyclic) bond motifs is 1. The predicted molar refractivity (Wildman–Crippen MR) is 129 cm³/mol. The lowest BCUT2D eigenvalue weighted by Gasteiger charge is -2.28. The first kappa shape index (κ1) is 24.2. The van der Waals surface area contributed by atoms with Crippen LogP contribution in [0.2, 0.25) is 0 Å². The van der Waals surface area contributed by atoms with Crippen LogP contribution in [0.15, 0.2) is 30.3 Å². The van der Waals surface area contributed by atoms with Gasteiger partial charge in [0.2, 0.25) is 0 Å². The number of esters is 1. The summed E-state index contributed by atoms with van der Waals surface area (Å²) in [6, 6.07) is 8.33. The molecule has 0 bridgehead atoms.